The van der Waals surface area contributed by atoms with E-state index in [1.54, 1.807) is 5.82 Å². The maximum atomic E-state index is 2.61. The molecule has 0 aliphatic heterocycles. The van der Waals surface area contributed by atoms with Crippen molar-refractivity contribution < 1.29 is 4.57 Å². The second kappa shape index (κ2) is 28.7. The third-order valence-electron chi connectivity index (χ3n) is 8.85. The minimum Gasteiger partial charge on any atom is -0.234 e. The standard InChI is InChI=1S/C37H73N2/c1-4-7-10-13-15-16-17-18-19-20-21-22-23-24-25-28-31-34-39-36-35-38(33-30-27-14-11-8-5-2)37(39)32-29-26-12-9-6-3/h35-36H,4-34H2,1-3H3/q+1. The first kappa shape index (κ1) is 36.2. The molecule has 1 aromatic rings. The molecule has 2 nitrogen and oxygen atoms in total. The molecule has 0 saturated heterocycles. The molecule has 0 spiro atoms. The van der Waals surface area contributed by atoms with E-state index < -0.39 is 0 Å². The molecule has 0 aromatic carbocycles. The lowest BCUT2D eigenvalue weighted by Crippen LogP contribution is -2.37. The molecule has 0 N–H and O–H groups in total. The number of aryl methyl sites for hydroxylation is 2. The van der Waals surface area contributed by atoms with Crippen molar-refractivity contribution in [2.75, 3.05) is 0 Å². The quantitative estimate of drug-likeness (QED) is 0.0648. The van der Waals surface area contributed by atoms with Crippen LogP contribution in [0.15, 0.2) is 12.4 Å². The Kier molecular flexibility index (Phi) is 26.7. The van der Waals surface area contributed by atoms with E-state index in [-0.39, 0.29) is 0 Å². The van der Waals surface area contributed by atoms with Crippen LogP contribution in [-0.2, 0) is 19.5 Å². The average Bonchev–Trinajstić information content (AvgIpc) is 3.33. The normalized spacial score (nSPS) is 11.6. The average molecular weight is 546 g/mol. The van der Waals surface area contributed by atoms with E-state index in [1.165, 1.54) is 199 Å². The van der Waals surface area contributed by atoms with Gasteiger partial charge in [-0.05, 0) is 32.1 Å². The Morgan fingerprint density at radius 2 is 0.795 bits per heavy atom. The monoisotopic (exact) mass is 546 g/mol. The van der Waals surface area contributed by atoms with E-state index in [2.05, 4.69) is 42.3 Å². The van der Waals surface area contributed by atoms with Crippen molar-refractivity contribution in [1.82, 2.24) is 4.57 Å². The zero-order chi connectivity index (χ0) is 28.1. The first-order valence-electron chi connectivity index (χ1n) is 18.4. The molecule has 0 fully saturated rings. The van der Waals surface area contributed by atoms with Crippen LogP contribution in [0.25, 0.3) is 0 Å². The number of nitrogens with zero attached hydrogens (tertiary/aromatic N) is 2. The molecule has 0 atom stereocenters. The van der Waals surface area contributed by atoms with Crippen LogP contribution in [0.1, 0.15) is 206 Å². The Labute approximate surface area is 247 Å². The third-order valence-corrected chi connectivity index (χ3v) is 8.85. The van der Waals surface area contributed by atoms with Gasteiger partial charge >= 0.3 is 0 Å². The third kappa shape index (κ3) is 21.6. The van der Waals surface area contributed by atoms with Gasteiger partial charge in [-0.1, -0.05) is 168 Å². The number of aromatic nitrogens is 2. The summed E-state index contributed by atoms with van der Waals surface area (Å²) in [4.78, 5) is 0. The van der Waals surface area contributed by atoms with Gasteiger partial charge in [-0.25, -0.2) is 9.13 Å². The van der Waals surface area contributed by atoms with Crippen LogP contribution in [0.2, 0.25) is 0 Å². The summed E-state index contributed by atoms with van der Waals surface area (Å²) in [6.07, 6.45) is 46.0. The zero-order valence-electron chi connectivity index (χ0n) is 27.5. The van der Waals surface area contributed by atoms with Gasteiger partial charge in [-0.3, -0.25) is 0 Å². The second-order valence-electron chi connectivity index (χ2n) is 12.7. The highest BCUT2D eigenvalue weighted by Gasteiger charge is 2.16. The summed E-state index contributed by atoms with van der Waals surface area (Å²) in [5, 5.41) is 0. The first-order chi connectivity index (χ1) is 19.3. The highest BCUT2D eigenvalue weighted by molar-refractivity contribution is 4.84. The van der Waals surface area contributed by atoms with Gasteiger partial charge in [0.25, 0.3) is 5.82 Å². The number of unbranched alkanes of at least 4 members (excludes halogenated alkanes) is 25. The largest absolute Gasteiger partial charge is 0.256 e. The van der Waals surface area contributed by atoms with Crippen LogP contribution < -0.4 is 4.57 Å². The summed E-state index contributed by atoms with van der Waals surface area (Å²) >= 11 is 0. The molecule has 0 aliphatic rings. The van der Waals surface area contributed by atoms with Gasteiger partial charge in [-0.15, -0.1) is 0 Å². The van der Waals surface area contributed by atoms with E-state index >= 15 is 0 Å². The van der Waals surface area contributed by atoms with Crippen LogP contribution in [0.4, 0.5) is 0 Å². The maximum absolute atomic E-state index is 2.61. The predicted octanol–water partition coefficient (Wildman–Crippen LogP) is 12.3. The van der Waals surface area contributed by atoms with Gasteiger partial charge in [0.15, 0.2) is 0 Å². The Morgan fingerprint density at radius 3 is 1.23 bits per heavy atom. The van der Waals surface area contributed by atoms with Crippen LogP contribution in [0.3, 0.4) is 0 Å². The predicted molar refractivity (Wildman–Crippen MR) is 175 cm³/mol. The van der Waals surface area contributed by atoms with Crippen molar-refractivity contribution in [2.45, 2.75) is 220 Å². The van der Waals surface area contributed by atoms with Gasteiger partial charge in [0.1, 0.15) is 12.4 Å². The molecule has 1 rings (SSSR count). The Balaban J connectivity index is 2.13. The van der Waals surface area contributed by atoms with Crippen molar-refractivity contribution >= 4 is 0 Å². The molecule has 1 heterocycles. The van der Waals surface area contributed by atoms with Crippen LogP contribution >= 0.6 is 0 Å². The molecular formula is C37H73N2+. The molecule has 0 amide bonds. The lowest BCUT2D eigenvalue weighted by atomic mass is 10.0. The van der Waals surface area contributed by atoms with Gasteiger partial charge < -0.3 is 0 Å². The van der Waals surface area contributed by atoms with Gasteiger partial charge in [-0.2, -0.15) is 0 Å². The van der Waals surface area contributed by atoms with Crippen LogP contribution in [-0.4, -0.2) is 4.57 Å². The fourth-order valence-electron chi connectivity index (χ4n) is 6.15. The summed E-state index contributed by atoms with van der Waals surface area (Å²) in [5.41, 5.74) is 0. The summed E-state index contributed by atoms with van der Waals surface area (Å²) in [5.74, 6) is 1.61. The SMILES string of the molecule is CCCCCCCCCCCCCCCCCCC[n+]1ccn(CCCCCCCC)c1CCCCCCC. The molecule has 0 unspecified atom stereocenters. The van der Waals surface area contributed by atoms with Crippen molar-refractivity contribution in [3.8, 4) is 0 Å². The lowest BCUT2D eigenvalue weighted by Gasteiger charge is -2.07. The molecule has 1 aromatic heterocycles. The van der Waals surface area contributed by atoms with E-state index in [1.807, 2.05) is 0 Å². The van der Waals surface area contributed by atoms with E-state index in [0.717, 1.165) is 0 Å². The van der Waals surface area contributed by atoms with E-state index in [9.17, 15) is 0 Å². The topological polar surface area (TPSA) is 8.81 Å². The molecule has 230 valence electrons. The van der Waals surface area contributed by atoms with Gasteiger partial charge in [0, 0.05) is 6.42 Å². The van der Waals surface area contributed by atoms with E-state index in [4.69, 9.17) is 0 Å². The zero-order valence-corrected chi connectivity index (χ0v) is 27.5. The smallest absolute Gasteiger partial charge is 0.234 e. The molecule has 0 aliphatic carbocycles. The molecule has 0 saturated carbocycles. The van der Waals surface area contributed by atoms with Crippen molar-refractivity contribution in [3.05, 3.63) is 18.2 Å². The van der Waals surface area contributed by atoms with Crippen LogP contribution in [0.5, 0.6) is 0 Å². The summed E-state index contributed by atoms with van der Waals surface area (Å²) in [7, 11) is 0. The van der Waals surface area contributed by atoms with Crippen molar-refractivity contribution in [2.24, 2.45) is 0 Å². The van der Waals surface area contributed by atoms with Crippen molar-refractivity contribution in [1.29, 1.82) is 0 Å². The first-order valence-corrected chi connectivity index (χ1v) is 18.4. The molecule has 0 bridgehead atoms. The summed E-state index contributed by atoms with van der Waals surface area (Å²) in [6.45, 7) is 9.39. The minimum absolute atomic E-state index is 1.22. The molecule has 2 heteroatoms. The van der Waals surface area contributed by atoms with Gasteiger partial charge in [0.2, 0.25) is 0 Å². The molecule has 39 heavy (non-hydrogen) atoms. The maximum Gasteiger partial charge on any atom is 0.256 e. The number of rotatable bonds is 31. The molecule has 0 radical (unpaired) electrons. The highest BCUT2D eigenvalue weighted by Crippen LogP contribution is 2.15. The van der Waals surface area contributed by atoms with Crippen molar-refractivity contribution in [3.63, 3.8) is 0 Å². The summed E-state index contributed by atoms with van der Waals surface area (Å²) in [6, 6.07) is 0. The fourth-order valence-corrected chi connectivity index (χ4v) is 6.15. The van der Waals surface area contributed by atoms with E-state index in [0.29, 0.717) is 0 Å². The van der Waals surface area contributed by atoms with Crippen LogP contribution in [0, 0.1) is 0 Å². The second-order valence-corrected chi connectivity index (χ2v) is 12.7. The number of hydrogen-bond donors (Lipinski definition) is 0. The fraction of sp³-hybridized carbons (Fsp3) is 0.919. The highest BCUT2D eigenvalue weighted by atomic mass is 15.1. The number of imidazole rings is 1. The Bertz CT molecular complexity index is 605. The molecular weight excluding hydrogens is 472 g/mol. The minimum atomic E-state index is 1.22. The Morgan fingerprint density at radius 1 is 0.436 bits per heavy atom. The lowest BCUT2D eigenvalue weighted by molar-refractivity contribution is -0.704. The number of hydrogen-bond acceptors (Lipinski definition) is 0. The van der Waals surface area contributed by atoms with Gasteiger partial charge in [0.05, 0.1) is 13.1 Å². The summed E-state index contributed by atoms with van der Waals surface area (Å²) < 4.78 is 5.22. The Hall–Kier alpha value is -0.790.